The fraction of sp³-hybridized carbons (Fsp3) is 1.00. The third-order valence-electron chi connectivity index (χ3n) is 1.04. The molecule has 0 heterocycles. The number of methoxy groups -OCH3 is 1. The standard InChI is InChI=1S/C6H15BO4/c1-4-10-7(9-3)11-6-5-8-2/h4-6H2,1-3H3. The first-order valence-corrected chi connectivity index (χ1v) is 3.60. The van der Waals surface area contributed by atoms with E-state index in [1.807, 2.05) is 6.92 Å². The highest BCUT2D eigenvalue weighted by atomic mass is 16.7. The van der Waals surface area contributed by atoms with Gasteiger partial charge in [0.05, 0.1) is 13.2 Å². The van der Waals surface area contributed by atoms with Crippen LogP contribution in [0.4, 0.5) is 0 Å². The van der Waals surface area contributed by atoms with Crippen LogP contribution in [0.2, 0.25) is 0 Å². The fourth-order valence-electron chi connectivity index (χ4n) is 0.548. The fourth-order valence-corrected chi connectivity index (χ4v) is 0.548. The Morgan fingerprint density at radius 1 is 1.09 bits per heavy atom. The molecule has 0 aliphatic heterocycles. The van der Waals surface area contributed by atoms with Crippen LogP contribution < -0.4 is 0 Å². The van der Waals surface area contributed by atoms with E-state index in [0.29, 0.717) is 19.8 Å². The number of hydrogen-bond acceptors (Lipinski definition) is 4. The lowest BCUT2D eigenvalue weighted by atomic mass is 10.2. The molecule has 0 spiro atoms. The number of ether oxygens (including phenoxy) is 1. The monoisotopic (exact) mass is 162 g/mol. The maximum atomic E-state index is 5.10. The van der Waals surface area contributed by atoms with Gasteiger partial charge in [0.15, 0.2) is 0 Å². The van der Waals surface area contributed by atoms with Crippen molar-refractivity contribution in [2.75, 3.05) is 34.0 Å². The number of rotatable bonds is 7. The highest BCUT2D eigenvalue weighted by Gasteiger charge is 2.17. The molecule has 0 rings (SSSR count). The van der Waals surface area contributed by atoms with Gasteiger partial charge in [-0.25, -0.2) is 0 Å². The van der Waals surface area contributed by atoms with Gasteiger partial charge < -0.3 is 18.7 Å². The Kier molecular flexibility index (Phi) is 7.94. The molecule has 4 nitrogen and oxygen atoms in total. The zero-order valence-corrected chi connectivity index (χ0v) is 7.33. The van der Waals surface area contributed by atoms with Gasteiger partial charge in [0.2, 0.25) is 0 Å². The second-order valence-corrected chi connectivity index (χ2v) is 1.84. The van der Waals surface area contributed by atoms with Crippen LogP contribution >= 0.6 is 0 Å². The summed E-state index contributed by atoms with van der Waals surface area (Å²) in [5.41, 5.74) is 0. The van der Waals surface area contributed by atoms with Gasteiger partial charge in [-0.3, -0.25) is 0 Å². The van der Waals surface area contributed by atoms with Crippen LogP contribution in [0.5, 0.6) is 0 Å². The van der Waals surface area contributed by atoms with Gasteiger partial charge in [0, 0.05) is 20.8 Å². The van der Waals surface area contributed by atoms with E-state index in [9.17, 15) is 0 Å². The summed E-state index contributed by atoms with van der Waals surface area (Å²) in [7, 11) is 2.59. The molecule has 0 atom stereocenters. The second-order valence-electron chi connectivity index (χ2n) is 1.84. The van der Waals surface area contributed by atoms with Gasteiger partial charge in [-0.15, -0.1) is 0 Å². The Labute approximate surface area is 67.9 Å². The van der Waals surface area contributed by atoms with Crippen LogP contribution in [0.3, 0.4) is 0 Å². The summed E-state index contributed by atoms with van der Waals surface area (Å²) in [5.74, 6) is 0. The quantitative estimate of drug-likeness (QED) is 0.399. The van der Waals surface area contributed by atoms with Crippen LogP contribution in [0.1, 0.15) is 6.92 Å². The van der Waals surface area contributed by atoms with Crippen molar-refractivity contribution in [1.29, 1.82) is 0 Å². The molecule has 0 bridgehead atoms. The summed E-state index contributed by atoms with van der Waals surface area (Å²) in [5, 5.41) is 0. The van der Waals surface area contributed by atoms with Gasteiger partial charge >= 0.3 is 7.32 Å². The van der Waals surface area contributed by atoms with E-state index < -0.39 is 7.32 Å². The first-order valence-electron chi connectivity index (χ1n) is 3.60. The van der Waals surface area contributed by atoms with Crippen LogP contribution in [0.25, 0.3) is 0 Å². The molecule has 0 aromatic heterocycles. The summed E-state index contributed by atoms with van der Waals surface area (Å²) in [6.07, 6.45) is 0. The molecule has 0 radical (unpaired) electrons. The molecule has 0 saturated heterocycles. The third-order valence-corrected chi connectivity index (χ3v) is 1.04. The minimum atomic E-state index is -0.560. The molecule has 0 N–H and O–H groups in total. The number of hydrogen-bond donors (Lipinski definition) is 0. The molecular formula is C6H15BO4. The summed E-state index contributed by atoms with van der Waals surface area (Å²) in [4.78, 5) is 0. The first-order chi connectivity index (χ1) is 5.35. The zero-order valence-electron chi connectivity index (χ0n) is 7.33. The van der Waals surface area contributed by atoms with Crippen LogP contribution in [0, 0.1) is 0 Å². The van der Waals surface area contributed by atoms with Crippen molar-refractivity contribution in [2.45, 2.75) is 6.92 Å². The van der Waals surface area contributed by atoms with Gasteiger partial charge in [-0.1, -0.05) is 0 Å². The normalized spacial score (nSPS) is 10.1. The third kappa shape index (κ3) is 6.31. The van der Waals surface area contributed by atoms with E-state index in [1.165, 1.54) is 7.11 Å². The minimum Gasteiger partial charge on any atom is -0.389 e. The van der Waals surface area contributed by atoms with E-state index in [1.54, 1.807) is 7.11 Å². The molecule has 11 heavy (non-hydrogen) atoms. The molecule has 0 fully saturated rings. The Balaban J connectivity index is 3.20. The lowest BCUT2D eigenvalue weighted by Gasteiger charge is -2.09. The SMILES string of the molecule is CCOB(OC)OCCOC. The van der Waals surface area contributed by atoms with Gasteiger partial charge in [0.25, 0.3) is 0 Å². The van der Waals surface area contributed by atoms with E-state index in [0.717, 1.165) is 0 Å². The predicted octanol–water partition coefficient (Wildman–Crippen LogP) is 0.317. The van der Waals surface area contributed by atoms with Crippen LogP contribution in [0.15, 0.2) is 0 Å². The van der Waals surface area contributed by atoms with Crippen molar-refractivity contribution in [2.24, 2.45) is 0 Å². The molecule has 0 aromatic carbocycles. The predicted molar refractivity (Wildman–Crippen MR) is 42.2 cm³/mol. The zero-order chi connectivity index (χ0) is 8.53. The van der Waals surface area contributed by atoms with Gasteiger partial charge in [0.1, 0.15) is 0 Å². The van der Waals surface area contributed by atoms with Crippen molar-refractivity contribution in [3.05, 3.63) is 0 Å². The Bertz CT molecular complexity index is 81.0. The van der Waals surface area contributed by atoms with Crippen LogP contribution in [-0.4, -0.2) is 41.4 Å². The minimum absolute atomic E-state index is 0.481. The van der Waals surface area contributed by atoms with Gasteiger partial charge in [-0.2, -0.15) is 0 Å². The average Bonchev–Trinajstić information content (AvgIpc) is 2.03. The van der Waals surface area contributed by atoms with Crippen molar-refractivity contribution in [1.82, 2.24) is 0 Å². The van der Waals surface area contributed by atoms with E-state index >= 15 is 0 Å². The van der Waals surface area contributed by atoms with Gasteiger partial charge in [-0.05, 0) is 6.92 Å². The smallest absolute Gasteiger partial charge is 0.389 e. The lowest BCUT2D eigenvalue weighted by Crippen LogP contribution is -2.27. The molecule has 0 aliphatic rings. The Morgan fingerprint density at radius 2 is 1.82 bits per heavy atom. The molecule has 5 heteroatoms. The first kappa shape index (κ1) is 10.9. The summed E-state index contributed by atoms with van der Waals surface area (Å²) >= 11 is 0. The Morgan fingerprint density at radius 3 is 2.27 bits per heavy atom. The maximum absolute atomic E-state index is 5.10. The molecule has 0 unspecified atom stereocenters. The van der Waals surface area contributed by atoms with E-state index in [4.69, 9.17) is 18.7 Å². The van der Waals surface area contributed by atoms with Crippen molar-refractivity contribution in [3.63, 3.8) is 0 Å². The lowest BCUT2D eigenvalue weighted by molar-refractivity contribution is 0.0814. The second kappa shape index (κ2) is 8.01. The molecular weight excluding hydrogens is 147 g/mol. The average molecular weight is 162 g/mol. The molecule has 66 valence electrons. The van der Waals surface area contributed by atoms with E-state index in [2.05, 4.69) is 0 Å². The van der Waals surface area contributed by atoms with Crippen molar-refractivity contribution in [3.8, 4) is 0 Å². The van der Waals surface area contributed by atoms with Crippen molar-refractivity contribution < 1.29 is 18.7 Å². The highest BCUT2D eigenvalue weighted by molar-refractivity contribution is 6.36. The molecule has 0 amide bonds. The van der Waals surface area contributed by atoms with Crippen LogP contribution in [-0.2, 0) is 18.7 Å². The van der Waals surface area contributed by atoms with Crippen molar-refractivity contribution >= 4 is 7.32 Å². The molecule has 0 saturated carbocycles. The maximum Gasteiger partial charge on any atom is 0.639 e. The summed E-state index contributed by atoms with van der Waals surface area (Å²) in [6, 6.07) is 0. The highest BCUT2D eigenvalue weighted by Crippen LogP contribution is 1.89. The topological polar surface area (TPSA) is 36.9 Å². The Hall–Kier alpha value is -0.0951. The molecule has 0 aliphatic carbocycles. The van der Waals surface area contributed by atoms with E-state index in [-0.39, 0.29) is 0 Å². The summed E-state index contributed by atoms with van der Waals surface area (Å²) < 4.78 is 19.8. The summed E-state index contributed by atoms with van der Waals surface area (Å²) in [6.45, 7) is 3.49. The molecule has 0 aromatic rings. The largest absolute Gasteiger partial charge is 0.639 e.